The van der Waals surface area contributed by atoms with Gasteiger partial charge in [0.05, 0.1) is 22.8 Å². The van der Waals surface area contributed by atoms with Gasteiger partial charge in [0.25, 0.3) is 0 Å². The number of methoxy groups -OCH3 is 1. The summed E-state index contributed by atoms with van der Waals surface area (Å²) >= 11 is 0. The number of likely N-dealkylation sites (N-methyl/N-ethyl adjacent to an activating group) is 1. The summed E-state index contributed by atoms with van der Waals surface area (Å²) in [5, 5.41) is 0. The number of hydrogen-bond acceptors (Lipinski definition) is 3. The highest BCUT2D eigenvalue weighted by Gasteiger charge is 2.60. The minimum absolute atomic E-state index is 0.0102. The molecular weight excluding hydrogens is 456 g/mol. The van der Waals surface area contributed by atoms with E-state index in [9.17, 15) is 9.00 Å². The molecule has 35 heavy (non-hydrogen) atoms. The van der Waals surface area contributed by atoms with Gasteiger partial charge in [-0.2, -0.15) is 0 Å². The van der Waals surface area contributed by atoms with E-state index in [-0.39, 0.29) is 5.91 Å². The van der Waals surface area contributed by atoms with E-state index in [2.05, 4.69) is 16.9 Å². The maximum absolute atomic E-state index is 14.8. The second-order valence-corrected chi connectivity index (χ2v) is 12.4. The number of amides is 1. The Balaban J connectivity index is 2.41. The highest BCUT2D eigenvalue weighted by molar-refractivity contribution is 7.84. The number of nitrogens with zero attached hydrogens (tertiary/aromatic N) is 1. The molecule has 1 aliphatic carbocycles. The van der Waals surface area contributed by atoms with Crippen molar-refractivity contribution in [2.45, 2.75) is 82.4 Å². The van der Waals surface area contributed by atoms with Gasteiger partial charge in [-0.25, -0.2) is 8.93 Å². The lowest BCUT2D eigenvalue weighted by molar-refractivity contribution is -0.142. The van der Waals surface area contributed by atoms with Crippen LogP contribution in [-0.2, 0) is 26.7 Å². The molecule has 0 unspecified atom stereocenters. The number of ether oxygens (including phenoxy) is 1. The van der Waals surface area contributed by atoms with Crippen LogP contribution in [0.25, 0.3) is 0 Å². The summed E-state index contributed by atoms with van der Waals surface area (Å²) in [7, 11) is 0.186. The fourth-order valence-electron chi connectivity index (χ4n) is 5.48. The SMILES string of the molecule is CCN(CC)C(=O)[C@](N[S@@](=O)C(C)(C)C)(c1ccccc1)C1(c2ccc(OC)cc2)CCCCC1. The molecular formula is C29H42N2O3S. The fourth-order valence-corrected chi connectivity index (χ4v) is 6.46. The Morgan fingerprint density at radius 1 is 0.971 bits per heavy atom. The summed E-state index contributed by atoms with van der Waals surface area (Å²) in [6, 6.07) is 18.1. The molecule has 2 atom stereocenters. The van der Waals surface area contributed by atoms with Gasteiger partial charge in [0, 0.05) is 18.5 Å². The number of rotatable bonds is 9. The van der Waals surface area contributed by atoms with Gasteiger partial charge in [-0.1, -0.05) is 61.7 Å². The van der Waals surface area contributed by atoms with Crippen molar-refractivity contribution in [1.82, 2.24) is 9.62 Å². The molecule has 2 aromatic carbocycles. The van der Waals surface area contributed by atoms with Gasteiger partial charge in [-0.15, -0.1) is 0 Å². The summed E-state index contributed by atoms with van der Waals surface area (Å²) in [6.07, 6.45) is 4.81. The van der Waals surface area contributed by atoms with Gasteiger partial charge >= 0.3 is 0 Å². The van der Waals surface area contributed by atoms with Crippen LogP contribution in [0.5, 0.6) is 5.75 Å². The number of hydrogen-bond donors (Lipinski definition) is 1. The van der Waals surface area contributed by atoms with Gasteiger partial charge in [-0.3, -0.25) is 4.79 Å². The number of benzene rings is 2. The normalized spacial score (nSPS) is 18.3. The molecule has 6 heteroatoms. The first-order chi connectivity index (χ1) is 16.7. The molecule has 0 radical (unpaired) electrons. The highest BCUT2D eigenvalue weighted by atomic mass is 32.2. The molecule has 1 saturated carbocycles. The Morgan fingerprint density at radius 2 is 1.54 bits per heavy atom. The van der Waals surface area contributed by atoms with E-state index in [0.717, 1.165) is 49.0 Å². The molecule has 0 spiro atoms. The van der Waals surface area contributed by atoms with Gasteiger partial charge in [0.2, 0.25) is 5.91 Å². The van der Waals surface area contributed by atoms with Crippen LogP contribution in [0.1, 0.15) is 77.8 Å². The first kappa shape index (κ1) is 27.4. The molecule has 0 aliphatic heterocycles. The molecule has 1 N–H and O–H groups in total. The fraction of sp³-hybridized carbons (Fsp3) is 0.552. The Morgan fingerprint density at radius 3 is 2.03 bits per heavy atom. The molecule has 192 valence electrons. The molecule has 1 aliphatic rings. The summed E-state index contributed by atoms with van der Waals surface area (Å²) in [5.74, 6) is 0.773. The monoisotopic (exact) mass is 498 g/mol. The van der Waals surface area contributed by atoms with E-state index in [1.54, 1.807) is 7.11 Å². The van der Waals surface area contributed by atoms with E-state index in [4.69, 9.17) is 4.74 Å². The minimum atomic E-state index is -1.48. The van der Waals surface area contributed by atoms with Crippen LogP contribution in [-0.4, -0.2) is 40.0 Å². The largest absolute Gasteiger partial charge is 0.497 e. The average Bonchev–Trinajstić information content (AvgIpc) is 2.88. The molecule has 0 bridgehead atoms. The van der Waals surface area contributed by atoms with E-state index in [1.807, 2.05) is 82.0 Å². The predicted molar refractivity (Wildman–Crippen MR) is 145 cm³/mol. The zero-order valence-electron chi connectivity index (χ0n) is 22.2. The van der Waals surface area contributed by atoms with Gasteiger partial charge in [0.1, 0.15) is 11.3 Å². The van der Waals surface area contributed by atoms with Gasteiger partial charge in [0.15, 0.2) is 0 Å². The summed E-state index contributed by atoms with van der Waals surface area (Å²) < 4.78 is 22.3. The van der Waals surface area contributed by atoms with Crippen LogP contribution in [0.15, 0.2) is 54.6 Å². The Bertz CT molecular complexity index is 991. The van der Waals surface area contributed by atoms with Crippen molar-refractivity contribution in [3.05, 3.63) is 65.7 Å². The summed E-state index contributed by atoms with van der Waals surface area (Å²) in [6.45, 7) is 11.1. The Hall–Kier alpha value is -2.18. The van der Waals surface area contributed by atoms with E-state index >= 15 is 0 Å². The Labute approximate surface area is 214 Å². The van der Waals surface area contributed by atoms with Crippen molar-refractivity contribution in [2.24, 2.45) is 0 Å². The average molecular weight is 499 g/mol. The van der Waals surface area contributed by atoms with Crippen molar-refractivity contribution < 1.29 is 13.7 Å². The number of carbonyl (C=O) groups excluding carboxylic acids is 1. The molecule has 2 aromatic rings. The maximum Gasteiger partial charge on any atom is 0.249 e. The molecule has 1 amide bonds. The highest BCUT2D eigenvalue weighted by Crippen LogP contribution is 2.53. The smallest absolute Gasteiger partial charge is 0.249 e. The van der Waals surface area contributed by atoms with E-state index < -0.39 is 26.7 Å². The number of carbonyl (C=O) groups is 1. The molecule has 3 rings (SSSR count). The van der Waals surface area contributed by atoms with Crippen molar-refractivity contribution in [2.75, 3.05) is 20.2 Å². The standard InChI is InChI=1S/C29H42N2O3S/c1-7-31(8-2)26(32)29(24-15-11-9-12-16-24,30-35(33)27(3,4)5)28(21-13-10-14-22-28)23-17-19-25(34-6)20-18-23/h9,11-12,15-20,30H,7-8,10,13-14,21-22H2,1-6H3/t29-,35+/m1/s1. The van der Waals surface area contributed by atoms with Crippen LogP contribution >= 0.6 is 0 Å². The van der Waals surface area contributed by atoms with Crippen molar-refractivity contribution in [3.63, 3.8) is 0 Å². The second-order valence-electron chi connectivity index (χ2n) is 10.4. The first-order valence-electron chi connectivity index (χ1n) is 12.9. The van der Waals surface area contributed by atoms with Crippen molar-refractivity contribution in [3.8, 4) is 5.75 Å². The quantitative estimate of drug-likeness (QED) is 0.482. The summed E-state index contributed by atoms with van der Waals surface area (Å²) in [4.78, 5) is 16.7. The minimum Gasteiger partial charge on any atom is -0.497 e. The molecule has 0 aromatic heterocycles. The van der Waals surface area contributed by atoms with Gasteiger partial charge in [-0.05, 0) is 70.7 Å². The predicted octanol–water partition coefficient (Wildman–Crippen LogP) is 5.71. The summed E-state index contributed by atoms with van der Waals surface area (Å²) in [5.41, 5.74) is 0.195. The van der Waals surface area contributed by atoms with Crippen LogP contribution in [0.3, 0.4) is 0 Å². The maximum atomic E-state index is 14.8. The van der Waals surface area contributed by atoms with E-state index in [1.165, 1.54) is 0 Å². The lowest BCUT2D eigenvalue weighted by Crippen LogP contribution is -2.68. The lowest BCUT2D eigenvalue weighted by atomic mass is 9.55. The lowest BCUT2D eigenvalue weighted by Gasteiger charge is -2.54. The van der Waals surface area contributed by atoms with Crippen LogP contribution < -0.4 is 9.46 Å². The molecule has 1 fully saturated rings. The zero-order chi connectivity index (χ0) is 25.7. The molecule has 0 saturated heterocycles. The van der Waals surface area contributed by atoms with Crippen LogP contribution in [0, 0.1) is 0 Å². The topological polar surface area (TPSA) is 58.6 Å². The van der Waals surface area contributed by atoms with Crippen LogP contribution in [0.4, 0.5) is 0 Å². The second kappa shape index (κ2) is 11.3. The molecule has 5 nitrogen and oxygen atoms in total. The first-order valence-corrected chi connectivity index (χ1v) is 14.0. The number of nitrogens with one attached hydrogen (secondary N) is 1. The third-order valence-corrected chi connectivity index (χ3v) is 9.05. The van der Waals surface area contributed by atoms with Crippen LogP contribution in [0.2, 0.25) is 0 Å². The van der Waals surface area contributed by atoms with Crippen molar-refractivity contribution in [1.29, 1.82) is 0 Å². The van der Waals surface area contributed by atoms with E-state index in [0.29, 0.717) is 13.1 Å². The third-order valence-electron chi connectivity index (χ3n) is 7.45. The zero-order valence-corrected chi connectivity index (χ0v) is 23.0. The van der Waals surface area contributed by atoms with Crippen molar-refractivity contribution >= 4 is 16.9 Å². The molecule has 0 heterocycles. The Kier molecular flexibility index (Phi) is 8.81. The van der Waals surface area contributed by atoms with Gasteiger partial charge < -0.3 is 9.64 Å². The third kappa shape index (κ3) is 5.19.